The SMILES string of the molecule is Cc1csc(CC(F)(CN)C2CC2)n1. The summed E-state index contributed by atoms with van der Waals surface area (Å²) in [5, 5.41) is 2.83. The molecule has 0 saturated heterocycles. The average molecular weight is 214 g/mol. The van der Waals surface area contributed by atoms with E-state index in [1.165, 1.54) is 11.3 Å². The van der Waals surface area contributed by atoms with E-state index in [-0.39, 0.29) is 12.5 Å². The summed E-state index contributed by atoms with van der Waals surface area (Å²) in [6.45, 7) is 2.05. The number of thiazole rings is 1. The largest absolute Gasteiger partial charge is 0.328 e. The molecule has 0 amide bonds. The molecule has 0 bridgehead atoms. The molecule has 0 aromatic carbocycles. The predicted octanol–water partition coefficient (Wildman–Crippen LogP) is 2.07. The molecule has 1 aliphatic carbocycles. The average Bonchev–Trinajstić information content (AvgIpc) is 2.93. The minimum Gasteiger partial charge on any atom is -0.328 e. The number of rotatable bonds is 4. The smallest absolute Gasteiger partial charge is 0.132 e. The van der Waals surface area contributed by atoms with Crippen molar-refractivity contribution in [3.8, 4) is 0 Å². The molecule has 1 saturated carbocycles. The third-order valence-corrected chi connectivity index (χ3v) is 3.73. The summed E-state index contributed by atoms with van der Waals surface area (Å²) in [6.07, 6.45) is 2.36. The summed E-state index contributed by atoms with van der Waals surface area (Å²) >= 11 is 1.53. The molecule has 0 radical (unpaired) electrons. The van der Waals surface area contributed by atoms with Crippen LogP contribution in [0.5, 0.6) is 0 Å². The fourth-order valence-corrected chi connectivity index (χ4v) is 2.60. The second-order valence-corrected chi connectivity index (χ2v) is 5.02. The molecule has 2 N–H and O–H groups in total. The van der Waals surface area contributed by atoms with Gasteiger partial charge in [0.15, 0.2) is 0 Å². The van der Waals surface area contributed by atoms with Gasteiger partial charge in [0.05, 0.1) is 5.01 Å². The second kappa shape index (κ2) is 3.59. The van der Waals surface area contributed by atoms with Gasteiger partial charge in [0, 0.05) is 24.0 Å². The lowest BCUT2D eigenvalue weighted by atomic mass is 9.96. The van der Waals surface area contributed by atoms with Gasteiger partial charge in [0.2, 0.25) is 0 Å². The van der Waals surface area contributed by atoms with Crippen molar-refractivity contribution < 1.29 is 4.39 Å². The van der Waals surface area contributed by atoms with Gasteiger partial charge in [0.1, 0.15) is 5.67 Å². The van der Waals surface area contributed by atoms with Gasteiger partial charge >= 0.3 is 0 Å². The Morgan fingerprint density at radius 2 is 2.43 bits per heavy atom. The van der Waals surface area contributed by atoms with Crippen molar-refractivity contribution in [2.45, 2.75) is 31.9 Å². The number of alkyl halides is 1. The van der Waals surface area contributed by atoms with Crippen molar-refractivity contribution in [3.63, 3.8) is 0 Å². The molecule has 2 nitrogen and oxygen atoms in total. The molecule has 1 heterocycles. The Hall–Kier alpha value is -0.480. The molecule has 1 fully saturated rings. The number of nitrogens with two attached hydrogens (primary N) is 1. The van der Waals surface area contributed by atoms with E-state index in [0.29, 0.717) is 6.42 Å². The van der Waals surface area contributed by atoms with Crippen LogP contribution in [0.4, 0.5) is 4.39 Å². The van der Waals surface area contributed by atoms with Gasteiger partial charge in [-0.2, -0.15) is 0 Å². The van der Waals surface area contributed by atoms with Crippen LogP contribution in [0, 0.1) is 12.8 Å². The van der Waals surface area contributed by atoms with Crippen LogP contribution in [0.1, 0.15) is 23.5 Å². The number of aryl methyl sites for hydroxylation is 1. The third-order valence-electron chi connectivity index (χ3n) is 2.76. The van der Waals surface area contributed by atoms with Crippen molar-refractivity contribution in [1.82, 2.24) is 4.98 Å². The van der Waals surface area contributed by atoms with Crippen molar-refractivity contribution in [1.29, 1.82) is 0 Å². The Kier molecular flexibility index (Phi) is 2.58. The molecule has 1 unspecified atom stereocenters. The molecule has 1 aromatic heterocycles. The molecule has 78 valence electrons. The summed E-state index contributed by atoms with van der Waals surface area (Å²) in [4.78, 5) is 4.28. The first-order chi connectivity index (χ1) is 6.64. The van der Waals surface area contributed by atoms with Crippen LogP contribution in [0.25, 0.3) is 0 Å². The van der Waals surface area contributed by atoms with Crippen LogP contribution >= 0.6 is 11.3 Å². The lowest BCUT2D eigenvalue weighted by Crippen LogP contribution is -2.37. The van der Waals surface area contributed by atoms with Gasteiger partial charge in [-0.1, -0.05) is 0 Å². The number of aromatic nitrogens is 1. The monoisotopic (exact) mass is 214 g/mol. The maximum absolute atomic E-state index is 14.2. The third kappa shape index (κ3) is 1.96. The molecule has 1 atom stereocenters. The lowest BCUT2D eigenvalue weighted by Gasteiger charge is -2.21. The molecule has 0 spiro atoms. The molecule has 4 heteroatoms. The Labute approximate surface area is 87.3 Å². The summed E-state index contributed by atoms with van der Waals surface area (Å²) in [5.74, 6) is 0.178. The number of hydrogen-bond donors (Lipinski definition) is 1. The number of hydrogen-bond acceptors (Lipinski definition) is 3. The van der Waals surface area contributed by atoms with E-state index in [4.69, 9.17) is 5.73 Å². The van der Waals surface area contributed by atoms with E-state index in [0.717, 1.165) is 23.5 Å². The maximum atomic E-state index is 14.2. The first-order valence-electron chi connectivity index (χ1n) is 4.94. The molecule has 0 aliphatic heterocycles. The highest BCUT2D eigenvalue weighted by Gasteiger charge is 2.45. The van der Waals surface area contributed by atoms with Crippen molar-refractivity contribution in [3.05, 3.63) is 16.1 Å². The maximum Gasteiger partial charge on any atom is 0.132 e. The normalized spacial score (nSPS) is 20.8. The summed E-state index contributed by atoms with van der Waals surface area (Å²) in [7, 11) is 0. The molecule has 2 rings (SSSR count). The van der Waals surface area contributed by atoms with Crippen LogP contribution in [0.15, 0.2) is 5.38 Å². The van der Waals surface area contributed by atoms with Crippen molar-refractivity contribution in [2.75, 3.05) is 6.54 Å². The van der Waals surface area contributed by atoms with Crippen molar-refractivity contribution in [2.24, 2.45) is 11.7 Å². The zero-order chi connectivity index (χ0) is 10.2. The Morgan fingerprint density at radius 1 is 1.71 bits per heavy atom. The van der Waals surface area contributed by atoms with Crippen LogP contribution in [-0.2, 0) is 6.42 Å². The van der Waals surface area contributed by atoms with E-state index in [2.05, 4.69) is 4.98 Å². The highest BCUT2D eigenvalue weighted by atomic mass is 32.1. The minimum atomic E-state index is -1.20. The summed E-state index contributed by atoms with van der Waals surface area (Å²) < 4.78 is 14.2. The lowest BCUT2D eigenvalue weighted by molar-refractivity contribution is 0.142. The van der Waals surface area contributed by atoms with Gasteiger partial charge in [-0.3, -0.25) is 0 Å². The number of halogens is 1. The topological polar surface area (TPSA) is 38.9 Å². The van der Waals surface area contributed by atoms with Crippen molar-refractivity contribution >= 4 is 11.3 Å². The zero-order valence-corrected chi connectivity index (χ0v) is 9.11. The molecule has 1 aromatic rings. The van der Waals surface area contributed by atoms with Crippen LogP contribution < -0.4 is 5.73 Å². The highest BCUT2D eigenvalue weighted by Crippen LogP contribution is 2.43. The Balaban J connectivity index is 2.07. The van der Waals surface area contributed by atoms with Crippen LogP contribution in [-0.4, -0.2) is 17.2 Å². The quantitative estimate of drug-likeness (QED) is 0.833. The van der Waals surface area contributed by atoms with E-state index >= 15 is 0 Å². The molecular weight excluding hydrogens is 199 g/mol. The Bertz CT molecular complexity index is 322. The van der Waals surface area contributed by atoms with E-state index in [9.17, 15) is 4.39 Å². The molecular formula is C10H15FN2S. The van der Waals surface area contributed by atoms with Gasteiger partial charge in [-0.25, -0.2) is 9.37 Å². The van der Waals surface area contributed by atoms with E-state index in [1.807, 2.05) is 12.3 Å². The van der Waals surface area contributed by atoms with Crippen LogP contribution in [0.2, 0.25) is 0 Å². The van der Waals surface area contributed by atoms with Crippen LogP contribution in [0.3, 0.4) is 0 Å². The predicted molar refractivity (Wildman–Crippen MR) is 56.2 cm³/mol. The zero-order valence-electron chi connectivity index (χ0n) is 8.29. The fourth-order valence-electron chi connectivity index (χ4n) is 1.72. The summed E-state index contributed by atoms with van der Waals surface area (Å²) in [5.41, 5.74) is 5.27. The Morgan fingerprint density at radius 3 is 2.86 bits per heavy atom. The fraction of sp³-hybridized carbons (Fsp3) is 0.700. The van der Waals surface area contributed by atoms with Gasteiger partial charge in [0.25, 0.3) is 0 Å². The van der Waals surface area contributed by atoms with E-state index < -0.39 is 5.67 Å². The highest BCUT2D eigenvalue weighted by molar-refractivity contribution is 7.09. The molecule has 14 heavy (non-hydrogen) atoms. The minimum absolute atomic E-state index is 0.121. The first kappa shape index (κ1) is 10.1. The standard InChI is InChI=1S/C10H15FN2S/c1-7-5-14-9(13-7)4-10(11,6-12)8-2-3-8/h5,8H,2-4,6,12H2,1H3. The van der Waals surface area contributed by atoms with Gasteiger partial charge < -0.3 is 5.73 Å². The van der Waals surface area contributed by atoms with Gasteiger partial charge in [-0.15, -0.1) is 11.3 Å². The molecule has 1 aliphatic rings. The number of nitrogens with zero attached hydrogens (tertiary/aromatic N) is 1. The van der Waals surface area contributed by atoms with E-state index in [1.54, 1.807) is 0 Å². The van der Waals surface area contributed by atoms with Gasteiger partial charge in [-0.05, 0) is 25.7 Å². The second-order valence-electron chi connectivity index (χ2n) is 4.07. The summed E-state index contributed by atoms with van der Waals surface area (Å²) in [6, 6.07) is 0. The first-order valence-corrected chi connectivity index (χ1v) is 5.82.